The fourth-order valence-electron chi connectivity index (χ4n) is 2.80. The Morgan fingerprint density at radius 2 is 1.83 bits per heavy atom. The molecule has 0 radical (unpaired) electrons. The third-order valence-corrected chi connectivity index (χ3v) is 5.31. The minimum absolute atomic E-state index is 0.202. The number of hydrogen-bond donors (Lipinski definition) is 0. The van der Waals surface area contributed by atoms with Crippen molar-refractivity contribution in [2.24, 2.45) is 0 Å². The number of rotatable bonds is 4. The zero-order chi connectivity index (χ0) is 16.9. The molecule has 0 spiro atoms. The van der Waals surface area contributed by atoms with E-state index in [1.807, 2.05) is 11.0 Å². The first-order valence-electron chi connectivity index (χ1n) is 8.13. The molecule has 1 amide bonds. The Labute approximate surface area is 147 Å². The van der Waals surface area contributed by atoms with Crippen LogP contribution < -0.4 is 4.90 Å². The molecule has 0 atom stereocenters. The normalized spacial score (nSPS) is 14.8. The van der Waals surface area contributed by atoms with Crippen molar-refractivity contribution in [1.82, 2.24) is 14.9 Å². The van der Waals surface area contributed by atoms with Gasteiger partial charge in [-0.05, 0) is 31.5 Å². The predicted molar refractivity (Wildman–Crippen MR) is 97.5 cm³/mol. The zero-order valence-corrected chi connectivity index (χ0v) is 14.9. The molecule has 1 aromatic heterocycles. The van der Waals surface area contributed by atoms with Gasteiger partial charge in [0.1, 0.15) is 0 Å². The lowest BCUT2D eigenvalue weighted by molar-refractivity contribution is -0.128. The van der Waals surface area contributed by atoms with Crippen LogP contribution in [0.1, 0.15) is 11.1 Å². The number of carbonyl (C=O) groups excluding carboxylic acids is 1. The van der Waals surface area contributed by atoms with Gasteiger partial charge in [0.15, 0.2) is 0 Å². The number of anilines is 1. The highest BCUT2D eigenvalue weighted by atomic mass is 32.2. The maximum Gasteiger partial charge on any atom is 0.233 e. The van der Waals surface area contributed by atoms with Crippen molar-refractivity contribution in [1.29, 1.82) is 0 Å². The SMILES string of the molecule is Cc1ccc(SCC(=O)N2CCN(c3ncccn3)CC2)c(C)c1. The van der Waals surface area contributed by atoms with Crippen LogP contribution in [-0.2, 0) is 4.79 Å². The summed E-state index contributed by atoms with van der Waals surface area (Å²) >= 11 is 1.63. The minimum atomic E-state index is 0.202. The summed E-state index contributed by atoms with van der Waals surface area (Å²) in [6.07, 6.45) is 3.50. The Bertz CT molecular complexity index is 699. The molecule has 24 heavy (non-hydrogen) atoms. The average molecular weight is 342 g/mol. The van der Waals surface area contributed by atoms with Crippen molar-refractivity contribution in [3.63, 3.8) is 0 Å². The highest BCUT2D eigenvalue weighted by Gasteiger charge is 2.22. The highest BCUT2D eigenvalue weighted by molar-refractivity contribution is 8.00. The number of aromatic nitrogens is 2. The minimum Gasteiger partial charge on any atom is -0.338 e. The third-order valence-electron chi connectivity index (χ3n) is 4.15. The van der Waals surface area contributed by atoms with Gasteiger partial charge in [-0.3, -0.25) is 4.79 Å². The molecule has 2 heterocycles. The fraction of sp³-hybridized carbons (Fsp3) is 0.389. The third kappa shape index (κ3) is 4.06. The zero-order valence-electron chi connectivity index (χ0n) is 14.1. The first-order chi connectivity index (χ1) is 11.6. The van der Waals surface area contributed by atoms with E-state index in [9.17, 15) is 4.79 Å². The van der Waals surface area contributed by atoms with Crippen LogP contribution in [0.5, 0.6) is 0 Å². The topological polar surface area (TPSA) is 49.3 Å². The van der Waals surface area contributed by atoms with Crippen LogP contribution in [0, 0.1) is 13.8 Å². The van der Waals surface area contributed by atoms with Crippen LogP contribution in [0.2, 0.25) is 0 Å². The van der Waals surface area contributed by atoms with Gasteiger partial charge in [0, 0.05) is 43.5 Å². The van der Waals surface area contributed by atoms with E-state index >= 15 is 0 Å². The maximum absolute atomic E-state index is 12.4. The summed E-state index contributed by atoms with van der Waals surface area (Å²) in [4.78, 5) is 26.2. The standard InChI is InChI=1S/C18H22N4OS/c1-14-4-5-16(15(2)12-14)24-13-17(23)21-8-10-22(11-9-21)18-19-6-3-7-20-18/h3-7,12H,8-11,13H2,1-2H3. The van der Waals surface area contributed by atoms with Gasteiger partial charge in [0.05, 0.1) is 5.75 Å². The van der Waals surface area contributed by atoms with Gasteiger partial charge in [-0.1, -0.05) is 17.7 Å². The maximum atomic E-state index is 12.4. The number of amides is 1. The van der Waals surface area contributed by atoms with E-state index in [4.69, 9.17) is 0 Å². The predicted octanol–water partition coefficient (Wildman–Crippen LogP) is 2.53. The Morgan fingerprint density at radius 3 is 2.50 bits per heavy atom. The summed E-state index contributed by atoms with van der Waals surface area (Å²) in [7, 11) is 0. The second-order valence-corrected chi connectivity index (χ2v) is 6.99. The summed E-state index contributed by atoms with van der Waals surface area (Å²) in [6, 6.07) is 8.17. The lowest BCUT2D eigenvalue weighted by Crippen LogP contribution is -2.49. The van der Waals surface area contributed by atoms with Crippen LogP contribution in [0.3, 0.4) is 0 Å². The van der Waals surface area contributed by atoms with Crippen LogP contribution in [0.25, 0.3) is 0 Å². The van der Waals surface area contributed by atoms with Crippen molar-refractivity contribution < 1.29 is 4.79 Å². The monoisotopic (exact) mass is 342 g/mol. The molecule has 0 saturated carbocycles. The molecule has 6 heteroatoms. The number of aryl methyl sites for hydroxylation is 2. The number of benzene rings is 1. The Morgan fingerprint density at radius 1 is 1.12 bits per heavy atom. The molecule has 1 aliphatic rings. The van der Waals surface area contributed by atoms with Crippen molar-refractivity contribution in [3.8, 4) is 0 Å². The lowest BCUT2D eigenvalue weighted by Gasteiger charge is -2.34. The molecule has 1 fully saturated rings. The van der Waals surface area contributed by atoms with Crippen LogP contribution in [0.15, 0.2) is 41.6 Å². The lowest BCUT2D eigenvalue weighted by atomic mass is 10.2. The molecular weight excluding hydrogens is 320 g/mol. The first-order valence-corrected chi connectivity index (χ1v) is 9.12. The van der Waals surface area contributed by atoms with E-state index in [0.29, 0.717) is 5.75 Å². The van der Waals surface area contributed by atoms with E-state index in [1.165, 1.54) is 16.0 Å². The van der Waals surface area contributed by atoms with Gasteiger partial charge >= 0.3 is 0 Å². The Hall–Kier alpha value is -2.08. The van der Waals surface area contributed by atoms with Crippen LogP contribution >= 0.6 is 11.8 Å². The van der Waals surface area contributed by atoms with Crippen molar-refractivity contribution in [2.75, 3.05) is 36.8 Å². The molecule has 1 saturated heterocycles. The van der Waals surface area contributed by atoms with Gasteiger partial charge < -0.3 is 9.80 Å². The van der Waals surface area contributed by atoms with Gasteiger partial charge in [0.2, 0.25) is 11.9 Å². The molecule has 0 bridgehead atoms. The van der Waals surface area contributed by atoms with E-state index in [2.05, 4.69) is 46.9 Å². The summed E-state index contributed by atoms with van der Waals surface area (Å²) in [6.45, 7) is 7.20. The van der Waals surface area contributed by atoms with Gasteiger partial charge in [-0.25, -0.2) is 9.97 Å². The first kappa shape index (κ1) is 16.8. The summed E-state index contributed by atoms with van der Waals surface area (Å²) in [5.41, 5.74) is 2.49. The fourth-order valence-corrected chi connectivity index (χ4v) is 3.71. The van der Waals surface area contributed by atoms with Crippen molar-refractivity contribution in [2.45, 2.75) is 18.7 Å². The molecule has 1 aromatic carbocycles. The average Bonchev–Trinajstić information content (AvgIpc) is 2.62. The second kappa shape index (κ2) is 7.66. The molecular formula is C18H22N4OS. The molecule has 126 valence electrons. The largest absolute Gasteiger partial charge is 0.338 e. The number of carbonyl (C=O) groups is 1. The summed E-state index contributed by atoms with van der Waals surface area (Å²) in [5, 5.41) is 0. The Kier molecular flexibility index (Phi) is 5.35. The molecule has 5 nitrogen and oxygen atoms in total. The van der Waals surface area contributed by atoms with Gasteiger partial charge in [-0.2, -0.15) is 0 Å². The number of hydrogen-bond acceptors (Lipinski definition) is 5. The summed E-state index contributed by atoms with van der Waals surface area (Å²) < 4.78 is 0. The smallest absolute Gasteiger partial charge is 0.233 e. The number of nitrogens with zero attached hydrogens (tertiary/aromatic N) is 4. The van der Waals surface area contributed by atoms with E-state index in [-0.39, 0.29) is 5.91 Å². The van der Waals surface area contributed by atoms with Crippen LogP contribution in [0.4, 0.5) is 5.95 Å². The van der Waals surface area contributed by atoms with Crippen molar-refractivity contribution in [3.05, 3.63) is 47.8 Å². The second-order valence-electron chi connectivity index (χ2n) is 5.97. The quantitative estimate of drug-likeness (QED) is 0.799. The molecule has 0 aliphatic carbocycles. The molecule has 3 rings (SSSR count). The van der Waals surface area contributed by atoms with Crippen molar-refractivity contribution >= 4 is 23.6 Å². The highest BCUT2D eigenvalue weighted by Crippen LogP contribution is 2.23. The molecule has 1 aliphatic heterocycles. The van der Waals surface area contributed by atoms with Crippen LogP contribution in [-0.4, -0.2) is 52.7 Å². The van der Waals surface area contributed by atoms with E-state index in [0.717, 1.165) is 32.1 Å². The Balaban J connectivity index is 1.50. The molecule has 0 unspecified atom stereocenters. The van der Waals surface area contributed by atoms with Gasteiger partial charge in [-0.15, -0.1) is 11.8 Å². The summed E-state index contributed by atoms with van der Waals surface area (Å²) in [5.74, 6) is 1.44. The number of piperazine rings is 1. The molecule has 2 aromatic rings. The molecule has 0 N–H and O–H groups in total. The van der Waals surface area contributed by atoms with Gasteiger partial charge in [0.25, 0.3) is 0 Å². The van der Waals surface area contributed by atoms with E-state index in [1.54, 1.807) is 24.2 Å². The van der Waals surface area contributed by atoms with E-state index < -0.39 is 0 Å². The number of thioether (sulfide) groups is 1.